The van der Waals surface area contributed by atoms with Gasteiger partial charge in [0.1, 0.15) is 11.6 Å². The van der Waals surface area contributed by atoms with Crippen molar-refractivity contribution >= 4 is 11.6 Å². The van der Waals surface area contributed by atoms with Crippen LogP contribution in [0.4, 0.5) is 0 Å². The summed E-state index contributed by atoms with van der Waals surface area (Å²) in [5, 5.41) is 0. The highest BCUT2D eigenvalue weighted by Gasteiger charge is 2.29. The molecule has 0 radical (unpaired) electrons. The largest absolute Gasteiger partial charge is 0.299 e. The average molecular weight is 280 g/mol. The van der Waals surface area contributed by atoms with E-state index in [1.54, 1.807) is 0 Å². The lowest BCUT2D eigenvalue weighted by Gasteiger charge is -2.06. The molecule has 0 N–H and O–H groups in total. The van der Waals surface area contributed by atoms with Crippen molar-refractivity contribution in [1.29, 1.82) is 0 Å². The van der Waals surface area contributed by atoms with Crippen molar-refractivity contribution in [1.82, 2.24) is 0 Å². The Labute approximate surface area is 124 Å². The van der Waals surface area contributed by atoms with Crippen LogP contribution in [-0.2, 0) is 9.59 Å². The van der Waals surface area contributed by atoms with Gasteiger partial charge in [-0.2, -0.15) is 0 Å². The minimum Gasteiger partial charge on any atom is -0.299 e. The van der Waals surface area contributed by atoms with Gasteiger partial charge in [-0.25, -0.2) is 0 Å². The zero-order chi connectivity index (χ0) is 14.6. The van der Waals surface area contributed by atoms with E-state index in [0.717, 1.165) is 25.7 Å². The van der Waals surface area contributed by atoms with Crippen molar-refractivity contribution in [2.24, 2.45) is 5.92 Å². The van der Waals surface area contributed by atoms with Crippen molar-refractivity contribution in [2.45, 2.75) is 96.8 Å². The Kier molecular flexibility index (Phi) is 9.61. The van der Waals surface area contributed by atoms with Gasteiger partial charge in [0.05, 0.1) is 5.92 Å². The Balaban J connectivity index is 1.87. The molecule has 1 saturated carbocycles. The molecule has 20 heavy (non-hydrogen) atoms. The molecule has 0 aromatic heterocycles. The lowest BCUT2D eigenvalue weighted by atomic mass is 9.96. The molecule has 1 aliphatic carbocycles. The van der Waals surface area contributed by atoms with Crippen LogP contribution < -0.4 is 0 Å². The Hall–Kier alpha value is -0.660. The maximum atomic E-state index is 11.9. The monoisotopic (exact) mass is 280 g/mol. The molecule has 0 amide bonds. The number of ketones is 2. The van der Waals surface area contributed by atoms with Gasteiger partial charge in [-0.15, -0.1) is 0 Å². The van der Waals surface area contributed by atoms with Crippen LogP contribution >= 0.6 is 0 Å². The second-order valence-corrected chi connectivity index (χ2v) is 6.31. The highest BCUT2D eigenvalue weighted by Crippen LogP contribution is 2.24. The van der Waals surface area contributed by atoms with E-state index in [-0.39, 0.29) is 17.5 Å². The molecule has 1 fully saturated rings. The SMILES string of the molecule is CCCCCCCCCCCCC(=O)C1CCCC1=O. The molecule has 2 nitrogen and oxygen atoms in total. The van der Waals surface area contributed by atoms with E-state index < -0.39 is 0 Å². The summed E-state index contributed by atoms with van der Waals surface area (Å²) in [6.07, 6.45) is 15.9. The Morgan fingerprint density at radius 1 is 0.950 bits per heavy atom. The minimum atomic E-state index is -0.228. The van der Waals surface area contributed by atoms with Crippen LogP contribution in [0.5, 0.6) is 0 Å². The minimum absolute atomic E-state index is 0.196. The van der Waals surface area contributed by atoms with Crippen molar-refractivity contribution in [3.8, 4) is 0 Å². The number of Topliss-reactive ketones (excluding diaryl/α,β-unsaturated/α-hetero) is 2. The predicted molar refractivity (Wildman–Crippen MR) is 83.8 cm³/mol. The summed E-state index contributed by atoms with van der Waals surface area (Å²) in [7, 11) is 0. The molecule has 0 heterocycles. The van der Waals surface area contributed by atoms with Gasteiger partial charge in [-0.05, 0) is 19.3 Å². The molecule has 116 valence electrons. The zero-order valence-corrected chi connectivity index (χ0v) is 13.3. The number of carbonyl (C=O) groups excluding carboxylic acids is 2. The highest BCUT2D eigenvalue weighted by molar-refractivity contribution is 6.03. The lowest BCUT2D eigenvalue weighted by molar-refractivity contribution is -0.130. The Morgan fingerprint density at radius 2 is 1.50 bits per heavy atom. The maximum absolute atomic E-state index is 11.9. The van der Waals surface area contributed by atoms with Crippen molar-refractivity contribution < 1.29 is 9.59 Å². The molecule has 0 saturated heterocycles. The van der Waals surface area contributed by atoms with Crippen LogP contribution in [0, 0.1) is 5.92 Å². The van der Waals surface area contributed by atoms with Gasteiger partial charge in [0.2, 0.25) is 0 Å². The summed E-state index contributed by atoms with van der Waals surface area (Å²) in [5.41, 5.74) is 0. The van der Waals surface area contributed by atoms with Crippen LogP contribution in [-0.4, -0.2) is 11.6 Å². The summed E-state index contributed by atoms with van der Waals surface area (Å²) in [4.78, 5) is 23.3. The van der Waals surface area contributed by atoms with Gasteiger partial charge < -0.3 is 0 Å². The first kappa shape index (κ1) is 17.4. The van der Waals surface area contributed by atoms with E-state index in [2.05, 4.69) is 6.92 Å². The Bertz CT molecular complexity index is 283. The van der Waals surface area contributed by atoms with E-state index in [4.69, 9.17) is 0 Å². The fourth-order valence-electron chi connectivity index (χ4n) is 3.12. The molecule has 0 aromatic rings. The summed E-state index contributed by atoms with van der Waals surface area (Å²) in [6, 6.07) is 0. The van der Waals surface area contributed by atoms with Crippen LogP contribution in [0.3, 0.4) is 0 Å². The molecule has 0 bridgehead atoms. The first-order valence-corrected chi connectivity index (χ1v) is 8.81. The fourth-order valence-corrected chi connectivity index (χ4v) is 3.12. The first-order chi connectivity index (χ1) is 9.75. The van der Waals surface area contributed by atoms with E-state index in [9.17, 15) is 9.59 Å². The van der Waals surface area contributed by atoms with E-state index >= 15 is 0 Å². The van der Waals surface area contributed by atoms with Gasteiger partial charge >= 0.3 is 0 Å². The molecule has 2 heteroatoms. The van der Waals surface area contributed by atoms with Gasteiger partial charge in [0.25, 0.3) is 0 Å². The third kappa shape index (κ3) is 7.21. The number of rotatable bonds is 12. The van der Waals surface area contributed by atoms with E-state index in [1.807, 2.05) is 0 Å². The fraction of sp³-hybridized carbons (Fsp3) is 0.889. The summed E-state index contributed by atoms with van der Waals surface area (Å²) >= 11 is 0. The molecule has 1 atom stereocenters. The van der Waals surface area contributed by atoms with Gasteiger partial charge in [-0.1, -0.05) is 64.7 Å². The molecule has 0 aliphatic heterocycles. The highest BCUT2D eigenvalue weighted by atomic mass is 16.2. The topological polar surface area (TPSA) is 34.1 Å². The maximum Gasteiger partial charge on any atom is 0.143 e. The normalized spacial score (nSPS) is 18.6. The van der Waals surface area contributed by atoms with Crippen LogP contribution in [0.25, 0.3) is 0 Å². The van der Waals surface area contributed by atoms with Crippen LogP contribution in [0.1, 0.15) is 96.8 Å². The van der Waals surface area contributed by atoms with Gasteiger partial charge in [0, 0.05) is 12.8 Å². The van der Waals surface area contributed by atoms with E-state index in [1.165, 1.54) is 51.4 Å². The zero-order valence-electron chi connectivity index (χ0n) is 13.3. The van der Waals surface area contributed by atoms with Gasteiger partial charge in [-0.3, -0.25) is 9.59 Å². The third-order valence-electron chi connectivity index (χ3n) is 4.47. The number of unbranched alkanes of at least 4 members (excludes halogenated alkanes) is 9. The van der Waals surface area contributed by atoms with Gasteiger partial charge in [0.15, 0.2) is 0 Å². The second-order valence-electron chi connectivity index (χ2n) is 6.31. The number of hydrogen-bond acceptors (Lipinski definition) is 2. The predicted octanol–water partition coefficient (Wildman–Crippen LogP) is 5.24. The molecule has 0 spiro atoms. The quantitative estimate of drug-likeness (QED) is 0.362. The third-order valence-corrected chi connectivity index (χ3v) is 4.47. The summed E-state index contributed by atoms with van der Waals surface area (Å²) in [6.45, 7) is 2.25. The molecular weight excluding hydrogens is 248 g/mol. The lowest BCUT2D eigenvalue weighted by Crippen LogP contribution is -2.18. The van der Waals surface area contributed by atoms with Crippen molar-refractivity contribution in [3.63, 3.8) is 0 Å². The number of carbonyl (C=O) groups is 2. The van der Waals surface area contributed by atoms with Crippen molar-refractivity contribution in [3.05, 3.63) is 0 Å². The van der Waals surface area contributed by atoms with Crippen molar-refractivity contribution in [2.75, 3.05) is 0 Å². The summed E-state index contributed by atoms with van der Waals surface area (Å²) in [5.74, 6) is 0.183. The second kappa shape index (κ2) is 11.0. The molecule has 1 rings (SSSR count). The molecular formula is C18H32O2. The average Bonchev–Trinajstić information content (AvgIpc) is 2.87. The number of hydrogen-bond donors (Lipinski definition) is 0. The first-order valence-electron chi connectivity index (χ1n) is 8.81. The smallest absolute Gasteiger partial charge is 0.143 e. The van der Waals surface area contributed by atoms with Crippen LogP contribution in [0.15, 0.2) is 0 Å². The molecule has 1 aliphatic rings. The molecule has 1 unspecified atom stereocenters. The summed E-state index contributed by atoms with van der Waals surface area (Å²) < 4.78 is 0. The molecule has 0 aromatic carbocycles. The standard InChI is InChI=1S/C18H32O2/c1-2-3-4-5-6-7-8-9-10-11-14-17(19)16-13-12-15-18(16)20/h16H,2-15H2,1H3. The Morgan fingerprint density at radius 3 is 2.00 bits per heavy atom. The van der Waals surface area contributed by atoms with E-state index in [0.29, 0.717) is 12.8 Å². The van der Waals surface area contributed by atoms with Crippen LogP contribution in [0.2, 0.25) is 0 Å².